The molecule has 7 heteroatoms. The van der Waals surface area contributed by atoms with E-state index in [9.17, 15) is 9.59 Å². The van der Waals surface area contributed by atoms with E-state index in [1.54, 1.807) is 4.57 Å². The van der Waals surface area contributed by atoms with Crippen LogP contribution in [-0.4, -0.2) is 21.2 Å². The molecule has 150 valence electrons. The number of aryl methyl sites for hydroxylation is 1. The third-order valence-corrected chi connectivity index (χ3v) is 5.47. The van der Waals surface area contributed by atoms with E-state index >= 15 is 0 Å². The van der Waals surface area contributed by atoms with E-state index in [1.807, 2.05) is 67.6 Å². The van der Waals surface area contributed by atoms with E-state index in [2.05, 4.69) is 10.3 Å². The lowest BCUT2D eigenvalue weighted by Gasteiger charge is -2.16. The van der Waals surface area contributed by atoms with E-state index in [0.717, 1.165) is 17.5 Å². The quantitative estimate of drug-likeness (QED) is 0.442. The van der Waals surface area contributed by atoms with Crippen molar-refractivity contribution in [3.05, 3.63) is 88.2 Å². The van der Waals surface area contributed by atoms with Gasteiger partial charge in [0.05, 0.1) is 11.8 Å². The molecule has 1 amide bonds. The number of carbonyl (C=O) groups is 1. The van der Waals surface area contributed by atoms with Crippen molar-refractivity contribution in [3.63, 3.8) is 0 Å². The zero-order chi connectivity index (χ0) is 20.6. The largest absolute Gasteiger partial charge is 0.385 e. The lowest BCUT2D eigenvalue weighted by atomic mass is 10.1. The van der Waals surface area contributed by atoms with Crippen molar-refractivity contribution in [2.24, 2.45) is 0 Å². The summed E-state index contributed by atoms with van der Waals surface area (Å²) in [4.78, 5) is 28.3. The Hall–Kier alpha value is -3.06. The van der Waals surface area contributed by atoms with Crippen LogP contribution < -0.4 is 16.6 Å². The van der Waals surface area contributed by atoms with Gasteiger partial charge >= 0.3 is 0 Å². The minimum absolute atomic E-state index is 0.0987. The topological polar surface area (TPSA) is 90.0 Å². The number of thioether (sulfide) groups is 1. The molecule has 0 spiro atoms. The highest BCUT2D eigenvalue weighted by molar-refractivity contribution is 7.99. The fourth-order valence-corrected chi connectivity index (χ4v) is 3.81. The van der Waals surface area contributed by atoms with Crippen molar-refractivity contribution in [3.8, 4) is 0 Å². The van der Waals surface area contributed by atoms with Gasteiger partial charge in [-0.05, 0) is 24.5 Å². The van der Waals surface area contributed by atoms with E-state index in [1.165, 1.54) is 17.8 Å². The molecule has 0 radical (unpaired) electrons. The molecule has 0 aliphatic rings. The van der Waals surface area contributed by atoms with Crippen molar-refractivity contribution >= 4 is 23.5 Å². The monoisotopic (exact) mass is 408 g/mol. The predicted molar refractivity (Wildman–Crippen MR) is 117 cm³/mol. The number of amides is 1. The van der Waals surface area contributed by atoms with Crippen molar-refractivity contribution < 1.29 is 4.79 Å². The van der Waals surface area contributed by atoms with Crippen LogP contribution in [0.5, 0.6) is 0 Å². The molecule has 0 saturated heterocycles. The zero-order valence-corrected chi connectivity index (χ0v) is 17.1. The number of nitrogens with zero attached hydrogens (tertiary/aromatic N) is 2. The van der Waals surface area contributed by atoms with E-state index in [-0.39, 0.29) is 17.7 Å². The van der Waals surface area contributed by atoms with E-state index in [0.29, 0.717) is 17.5 Å². The smallest absolute Gasteiger partial charge is 0.275 e. The van der Waals surface area contributed by atoms with Gasteiger partial charge < -0.3 is 15.6 Å². The zero-order valence-electron chi connectivity index (χ0n) is 16.2. The highest BCUT2D eigenvalue weighted by Gasteiger charge is 2.13. The van der Waals surface area contributed by atoms with Gasteiger partial charge in [-0.15, -0.1) is 0 Å². The molecule has 0 unspecified atom stereocenters. The average Bonchev–Trinajstić information content (AvgIpc) is 2.72. The molecule has 0 aliphatic heterocycles. The molecule has 29 heavy (non-hydrogen) atoms. The molecule has 1 atom stereocenters. The van der Waals surface area contributed by atoms with Crippen molar-refractivity contribution in [2.45, 2.75) is 31.1 Å². The Morgan fingerprint density at radius 1 is 1.14 bits per heavy atom. The highest BCUT2D eigenvalue weighted by Crippen LogP contribution is 2.19. The second-order valence-electron chi connectivity index (χ2n) is 6.68. The number of aromatic nitrogens is 2. The summed E-state index contributed by atoms with van der Waals surface area (Å²) in [5.74, 6) is 0.373. The van der Waals surface area contributed by atoms with Gasteiger partial charge in [0.1, 0.15) is 5.82 Å². The molecule has 3 rings (SSSR count). The molecule has 0 aliphatic carbocycles. The number of rotatable bonds is 8. The Morgan fingerprint density at radius 3 is 2.48 bits per heavy atom. The summed E-state index contributed by atoms with van der Waals surface area (Å²) in [7, 11) is 0. The summed E-state index contributed by atoms with van der Waals surface area (Å²) < 4.78 is 1.78. The highest BCUT2D eigenvalue weighted by atomic mass is 32.2. The third-order valence-electron chi connectivity index (χ3n) is 4.50. The van der Waals surface area contributed by atoms with Crippen LogP contribution in [0.4, 0.5) is 5.82 Å². The summed E-state index contributed by atoms with van der Waals surface area (Å²) in [6.45, 7) is 2.51. The van der Waals surface area contributed by atoms with Crippen LogP contribution in [-0.2, 0) is 17.8 Å². The van der Waals surface area contributed by atoms with Crippen LogP contribution in [0.3, 0.4) is 0 Å². The van der Waals surface area contributed by atoms with Crippen molar-refractivity contribution in [1.82, 2.24) is 14.9 Å². The molecule has 0 fully saturated rings. The molecule has 6 nitrogen and oxygen atoms in total. The molecule has 0 bridgehead atoms. The Labute approximate surface area is 174 Å². The second kappa shape index (κ2) is 9.93. The van der Waals surface area contributed by atoms with Gasteiger partial charge in [0.25, 0.3) is 5.56 Å². The van der Waals surface area contributed by atoms with Gasteiger partial charge in [-0.25, -0.2) is 0 Å². The number of nitrogen functional groups attached to an aromatic ring is 1. The maximum Gasteiger partial charge on any atom is 0.275 e. The number of anilines is 1. The number of nitrogens with two attached hydrogens (primary N) is 1. The summed E-state index contributed by atoms with van der Waals surface area (Å²) in [5, 5.41) is 3.42. The van der Waals surface area contributed by atoms with Crippen LogP contribution in [0.1, 0.15) is 24.1 Å². The number of nitrogens with one attached hydrogen (secondary N) is 1. The average molecular weight is 409 g/mol. The Bertz CT molecular complexity index is 1010. The minimum atomic E-state index is -0.404. The van der Waals surface area contributed by atoms with Gasteiger partial charge in [-0.3, -0.25) is 9.59 Å². The van der Waals surface area contributed by atoms with E-state index < -0.39 is 5.56 Å². The fraction of sp³-hybridized carbons (Fsp3) is 0.227. The molecule has 1 heterocycles. The Balaban J connectivity index is 1.65. The molecule has 1 aromatic heterocycles. The van der Waals surface area contributed by atoms with Gasteiger partial charge in [0.2, 0.25) is 5.91 Å². The van der Waals surface area contributed by atoms with E-state index in [4.69, 9.17) is 5.73 Å². The molecular formula is C22H24N4O2S. The van der Waals surface area contributed by atoms with Crippen molar-refractivity contribution in [2.75, 3.05) is 11.5 Å². The van der Waals surface area contributed by atoms with Crippen LogP contribution in [0, 0.1) is 0 Å². The maximum atomic E-state index is 12.4. The predicted octanol–water partition coefficient (Wildman–Crippen LogP) is 3.04. The normalized spacial score (nSPS) is 11.8. The van der Waals surface area contributed by atoms with Crippen molar-refractivity contribution in [1.29, 1.82) is 0 Å². The first-order chi connectivity index (χ1) is 14.0. The molecule has 3 aromatic rings. The molecule has 0 saturated carbocycles. The standard InChI is InChI=1S/C22H24N4O2S/c1-16(18-10-6-3-7-11-18)24-21(28)15-29-22-25-20(27)14-19(23)26(22)13-12-17-8-4-2-5-9-17/h2-11,14,16H,12-13,15,23H2,1H3,(H,24,28)/t16-/m1/s1. The maximum absolute atomic E-state index is 12.4. The van der Waals surface area contributed by atoms with Gasteiger partial charge in [-0.2, -0.15) is 4.98 Å². The van der Waals surface area contributed by atoms with Crippen LogP contribution >= 0.6 is 11.8 Å². The van der Waals surface area contributed by atoms with Crippen LogP contribution in [0.15, 0.2) is 76.7 Å². The lowest BCUT2D eigenvalue weighted by molar-refractivity contribution is -0.119. The Kier molecular flexibility index (Phi) is 7.08. The van der Waals surface area contributed by atoms with Gasteiger partial charge in [0, 0.05) is 12.6 Å². The second-order valence-corrected chi connectivity index (χ2v) is 7.62. The lowest BCUT2D eigenvalue weighted by Crippen LogP contribution is -2.28. The van der Waals surface area contributed by atoms with Crippen LogP contribution in [0.2, 0.25) is 0 Å². The summed E-state index contributed by atoms with van der Waals surface area (Å²) in [6, 6.07) is 21.0. The summed E-state index contributed by atoms with van der Waals surface area (Å²) in [5.41, 5.74) is 7.85. The molecular weight excluding hydrogens is 384 g/mol. The number of carbonyl (C=O) groups excluding carboxylic acids is 1. The first-order valence-electron chi connectivity index (χ1n) is 9.41. The minimum Gasteiger partial charge on any atom is -0.385 e. The number of benzene rings is 2. The summed E-state index contributed by atoms with van der Waals surface area (Å²) in [6.07, 6.45) is 0.750. The van der Waals surface area contributed by atoms with Gasteiger partial charge in [0.15, 0.2) is 5.16 Å². The fourth-order valence-electron chi connectivity index (χ4n) is 2.96. The third kappa shape index (κ3) is 5.96. The Morgan fingerprint density at radius 2 is 1.79 bits per heavy atom. The SMILES string of the molecule is C[C@@H](NC(=O)CSc1nc(=O)cc(N)n1CCc1ccccc1)c1ccccc1. The first kappa shape index (κ1) is 20.7. The molecule has 2 aromatic carbocycles. The summed E-state index contributed by atoms with van der Waals surface area (Å²) >= 11 is 1.22. The number of hydrogen-bond acceptors (Lipinski definition) is 5. The van der Waals surface area contributed by atoms with Gasteiger partial charge in [-0.1, -0.05) is 72.4 Å². The number of hydrogen-bond donors (Lipinski definition) is 2. The van der Waals surface area contributed by atoms with Crippen LogP contribution in [0.25, 0.3) is 0 Å². The molecule has 3 N–H and O–H groups in total. The first-order valence-corrected chi connectivity index (χ1v) is 10.4.